The van der Waals surface area contributed by atoms with Gasteiger partial charge in [0.1, 0.15) is 0 Å². The summed E-state index contributed by atoms with van der Waals surface area (Å²) in [6.45, 7) is 6.55. The first-order chi connectivity index (χ1) is 6.50. The molecule has 2 rings (SSSR count). The first kappa shape index (κ1) is 9.72. The molecular formula is C13H19N. The summed E-state index contributed by atoms with van der Waals surface area (Å²) >= 11 is 0. The van der Waals surface area contributed by atoms with Crippen molar-refractivity contribution in [3.05, 3.63) is 34.4 Å². The Balaban J connectivity index is 2.32. The zero-order chi connectivity index (χ0) is 10.3. The van der Waals surface area contributed by atoms with Crippen LogP contribution in [0.1, 0.15) is 35.1 Å². The van der Waals surface area contributed by atoms with Crippen LogP contribution in [-0.4, -0.2) is 5.54 Å². The molecule has 1 fully saturated rings. The largest absolute Gasteiger partial charge is 0.325 e. The fraction of sp³-hybridized carbons (Fsp3) is 0.538. The van der Waals surface area contributed by atoms with Gasteiger partial charge in [-0.25, -0.2) is 0 Å². The van der Waals surface area contributed by atoms with Crippen LogP contribution in [0.15, 0.2) is 12.1 Å². The van der Waals surface area contributed by atoms with Crippen LogP contribution in [0.4, 0.5) is 0 Å². The maximum atomic E-state index is 6.15. The minimum Gasteiger partial charge on any atom is -0.325 e. The maximum Gasteiger partial charge on any atom is 0.0196 e. The lowest BCUT2D eigenvalue weighted by molar-refractivity contribution is 0.669. The molecule has 0 saturated heterocycles. The van der Waals surface area contributed by atoms with Crippen molar-refractivity contribution in [1.29, 1.82) is 0 Å². The Morgan fingerprint density at radius 2 is 1.86 bits per heavy atom. The number of nitrogens with two attached hydrogens (primary N) is 1. The van der Waals surface area contributed by atoms with Gasteiger partial charge in [-0.1, -0.05) is 17.7 Å². The second kappa shape index (κ2) is 3.09. The highest BCUT2D eigenvalue weighted by Gasteiger charge is 2.38. The Hall–Kier alpha value is -0.820. The molecule has 1 aromatic rings. The predicted molar refractivity (Wildman–Crippen MR) is 60.5 cm³/mol. The van der Waals surface area contributed by atoms with E-state index in [1.807, 2.05) is 0 Å². The van der Waals surface area contributed by atoms with Gasteiger partial charge in [-0.15, -0.1) is 0 Å². The lowest BCUT2D eigenvalue weighted by atomic mass is 9.95. The van der Waals surface area contributed by atoms with E-state index in [1.54, 1.807) is 0 Å². The summed E-state index contributed by atoms with van der Waals surface area (Å²) in [5, 5.41) is 0. The molecule has 0 spiro atoms. The molecular weight excluding hydrogens is 170 g/mol. The van der Waals surface area contributed by atoms with Gasteiger partial charge >= 0.3 is 0 Å². The van der Waals surface area contributed by atoms with Gasteiger partial charge in [-0.05, 0) is 56.7 Å². The number of aryl methyl sites for hydroxylation is 2. The minimum atomic E-state index is 0.130. The van der Waals surface area contributed by atoms with E-state index in [-0.39, 0.29) is 5.54 Å². The van der Waals surface area contributed by atoms with E-state index in [9.17, 15) is 0 Å². The highest BCUT2D eigenvalue weighted by atomic mass is 14.8. The summed E-state index contributed by atoms with van der Waals surface area (Å²) < 4.78 is 0. The lowest BCUT2D eigenvalue weighted by Crippen LogP contribution is -2.25. The van der Waals surface area contributed by atoms with Gasteiger partial charge in [0.15, 0.2) is 0 Å². The van der Waals surface area contributed by atoms with Gasteiger partial charge in [0.25, 0.3) is 0 Å². The maximum absolute atomic E-state index is 6.15. The van der Waals surface area contributed by atoms with Crippen molar-refractivity contribution < 1.29 is 0 Å². The molecule has 0 aromatic heterocycles. The third kappa shape index (κ3) is 1.83. The van der Waals surface area contributed by atoms with Crippen LogP contribution in [0.3, 0.4) is 0 Å². The van der Waals surface area contributed by atoms with Crippen LogP contribution in [0.2, 0.25) is 0 Å². The van der Waals surface area contributed by atoms with Gasteiger partial charge in [0.05, 0.1) is 0 Å². The third-order valence-corrected chi connectivity index (χ3v) is 3.35. The molecule has 0 unspecified atom stereocenters. The molecule has 1 aliphatic carbocycles. The van der Waals surface area contributed by atoms with Crippen molar-refractivity contribution in [2.45, 2.75) is 45.6 Å². The van der Waals surface area contributed by atoms with E-state index in [2.05, 4.69) is 32.9 Å². The Morgan fingerprint density at radius 1 is 1.21 bits per heavy atom. The van der Waals surface area contributed by atoms with Crippen molar-refractivity contribution in [1.82, 2.24) is 0 Å². The van der Waals surface area contributed by atoms with E-state index in [1.165, 1.54) is 35.1 Å². The van der Waals surface area contributed by atoms with Crippen LogP contribution in [0.25, 0.3) is 0 Å². The molecule has 2 N–H and O–H groups in total. The van der Waals surface area contributed by atoms with Gasteiger partial charge in [-0.2, -0.15) is 0 Å². The summed E-state index contributed by atoms with van der Waals surface area (Å²) in [5.74, 6) is 0. The molecule has 0 atom stereocenters. The van der Waals surface area contributed by atoms with Crippen LogP contribution >= 0.6 is 0 Å². The molecule has 1 saturated carbocycles. The zero-order valence-electron chi connectivity index (χ0n) is 9.35. The number of hydrogen-bond acceptors (Lipinski definition) is 1. The molecule has 1 heteroatoms. The van der Waals surface area contributed by atoms with Gasteiger partial charge < -0.3 is 5.73 Å². The fourth-order valence-electron chi connectivity index (χ4n) is 2.03. The summed E-state index contributed by atoms with van der Waals surface area (Å²) in [5.41, 5.74) is 11.9. The predicted octanol–water partition coefficient (Wildman–Crippen LogP) is 2.65. The van der Waals surface area contributed by atoms with Crippen molar-refractivity contribution in [2.75, 3.05) is 0 Å². The van der Waals surface area contributed by atoms with Gasteiger partial charge in [-0.3, -0.25) is 0 Å². The first-order valence-electron chi connectivity index (χ1n) is 5.36. The summed E-state index contributed by atoms with van der Waals surface area (Å²) in [4.78, 5) is 0. The number of benzene rings is 1. The SMILES string of the molecule is Cc1cc(C)c(C)c(CC2(N)CC2)c1. The van der Waals surface area contributed by atoms with Crippen LogP contribution in [-0.2, 0) is 6.42 Å². The van der Waals surface area contributed by atoms with Gasteiger partial charge in [0, 0.05) is 5.54 Å². The minimum absolute atomic E-state index is 0.130. The monoisotopic (exact) mass is 189 g/mol. The Bertz CT molecular complexity index is 362. The van der Waals surface area contributed by atoms with Crippen molar-refractivity contribution in [3.8, 4) is 0 Å². The third-order valence-electron chi connectivity index (χ3n) is 3.35. The molecule has 14 heavy (non-hydrogen) atoms. The first-order valence-corrected chi connectivity index (χ1v) is 5.36. The summed E-state index contributed by atoms with van der Waals surface area (Å²) in [6, 6.07) is 4.53. The number of hydrogen-bond donors (Lipinski definition) is 1. The summed E-state index contributed by atoms with van der Waals surface area (Å²) in [6.07, 6.45) is 3.44. The standard InChI is InChI=1S/C13H19N/c1-9-6-10(2)11(3)12(7-9)8-13(14)4-5-13/h6-7H,4-5,8,14H2,1-3H3. The highest BCUT2D eigenvalue weighted by molar-refractivity contribution is 5.38. The Labute approximate surface area is 86.3 Å². The zero-order valence-corrected chi connectivity index (χ0v) is 9.35. The van der Waals surface area contributed by atoms with E-state index in [4.69, 9.17) is 5.73 Å². The Kier molecular flexibility index (Phi) is 2.15. The molecule has 1 nitrogen and oxygen atoms in total. The average Bonchev–Trinajstić information content (AvgIpc) is 2.79. The van der Waals surface area contributed by atoms with E-state index < -0.39 is 0 Å². The van der Waals surface area contributed by atoms with E-state index >= 15 is 0 Å². The van der Waals surface area contributed by atoms with Crippen molar-refractivity contribution in [3.63, 3.8) is 0 Å². The molecule has 0 heterocycles. The summed E-state index contributed by atoms with van der Waals surface area (Å²) in [7, 11) is 0. The smallest absolute Gasteiger partial charge is 0.0196 e. The fourth-order valence-corrected chi connectivity index (χ4v) is 2.03. The molecule has 0 amide bonds. The Morgan fingerprint density at radius 3 is 2.43 bits per heavy atom. The molecule has 1 aliphatic rings. The van der Waals surface area contributed by atoms with Crippen molar-refractivity contribution in [2.24, 2.45) is 5.73 Å². The second-order valence-corrected chi connectivity index (χ2v) is 4.91. The van der Waals surface area contributed by atoms with Crippen molar-refractivity contribution >= 4 is 0 Å². The topological polar surface area (TPSA) is 26.0 Å². The second-order valence-electron chi connectivity index (χ2n) is 4.91. The molecule has 76 valence electrons. The van der Waals surface area contributed by atoms with E-state index in [0.717, 1.165) is 6.42 Å². The van der Waals surface area contributed by atoms with E-state index in [0.29, 0.717) is 0 Å². The molecule has 0 aliphatic heterocycles. The highest BCUT2D eigenvalue weighted by Crippen LogP contribution is 2.36. The average molecular weight is 189 g/mol. The number of rotatable bonds is 2. The molecule has 1 aromatic carbocycles. The molecule has 0 radical (unpaired) electrons. The normalized spacial score (nSPS) is 18.3. The van der Waals surface area contributed by atoms with Crippen LogP contribution < -0.4 is 5.73 Å². The van der Waals surface area contributed by atoms with Crippen LogP contribution in [0, 0.1) is 20.8 Å². The molecule has 0 bridgehead atoms. The quantitative estimate of drug-likeness (QED) is 0.760. The van der Waals surface area contributed by atoms with Crippen LogP contribution in [0.5, 0.6) is 0 Å². The van der Waals surface area contributed by atoms with Gasteiger partial charge in [0.2, 0.25) is 0 Å². The lowest BCUT2D eigenvalue weighted by Gasteiger charge is -2.14.